The molecular formula is C15H15F2N3O3. The van der Waals surface area contributed by atoms with Gasteiger partial charge in [-0.2, -0.15) is 0 Å². The number of nitrogens with zero attached hydrogens (tertiary/aromatic N) is 2. The van der Waals surface area contributed by atoms with E-state index in [-0.39, 0.29) is 24.2 Å². The zero-order valence-electron chi connectivity index (χ0n) is 12.6. The van der Waals surface area contributed by atoms with Gasteiger partial charge in [-0.3, -0.25) is 10.1 Å². The number of aromatic nitrogens is 1. The molecule has 2 aromatic rings. The van der Waals surface area contributed by atoms with E-state index in [4.69, 9.17) is 4.52 Å². The summed E-state index contributed by atoms with van der Waals surface area (Å²) < 4.78 is 30.9. The molecule has 1 aliphatic carbocycles. The van der Waals surface area contributed by atoms with Gasteiger partial charge in [0, 0.05) is 30.5 Å². The van der Waals surface area contributed by atoms with Crippen molar-refractivity contribution in [3.05, 3.63) is 39.8 Å². The molecule has 1 aromatic heterocycles. The molecule has 1 aliphatic rings. The molecule has 0 saturated heterocycles. The highest BCUT2D eigenvalue weighted by molar-refractivity contribution is 5.75. The van der Waals surface area contributed by atoms with Crippen molar-refractivity contribution in [3.8, 4) is 11.1 Å². The molecule has 0 bridgehead atoms. The molecule has 0 amide bonds. The van der Waals surface area contributed by atoms with Gasteiger partial charge in [0.15, 0.2) is 0 Å². The number of anilines is 1. The van der Waals surface area contributed by atoms with E-state index in [2.05, 4.69) is 10.5 Å². The summed E-state index contributed by atoms with van der Waals surface area (Å²) in [5.41, 5.74) is 2.03. The first-order valence-electron chi connectivity index (χ1n) is 7.13. The van der Waals surface area contributed by atoms with Crippen LogP contribution in [0.2, 0.25) is 0 Å². The third-order valence-corrected chi connectivity index (χ3v) is 3.97. The molecule has 6 nitrogen and oxygen atoms in total. The van der Waals surface area contributed by atoms with Crippen molar-refractivity contribution >= 4 is 11.4 Å². The van der Waals surface area contributed by atoms with Gasteiger partial charge in [0.1, 0.15) is 11.4 Å². The predicted octanol–water partition coefficient (Wildman–Crippen LogP) is 4.08. The summed E-state index contributed by atoms with van der Waals surface area (Å²) in [4.78, 5) is 10.8. The smallest absolute Gasteiger partial charge is 0.292 e. The molecule has 0 aliphatic heterocycles. The molecule has 1 N–H and O–H groups in total. The number of alkyl halides is 2. The third kappa shape index (κ3) is 2.88. The van der Waals surface area contributed by atoms with Gasteiger partial charge >= 0.3 is 0 Å². The van der Waals surface area contributed by atoms with Crippen molar-refractivity contribution in [3.63, 3.8) is 0 Å². The fraction of sp³-hybridized carbons (Fsp3) is 0.400. The third-order valence-electron chi connectivity index (χ3n) is 3.97. The molecule has 3 rings (SSSR count). The number of rotatable bonds is 4. The number of nitrogens with one attached hydrogen (secondary N) is 1. The molecule has 23 heavy (non-hydrogen) atoms. The second-order valence-corrected chi connectivity index (χ2v) is 5.79. The summed E-state index contributed by atoms with van der Waals surface area (Å²) in [6, 6.07) is 4.19. The lowest BCUT2D eigenvalue weighted by Crippen LogP contribution is -2.44. The Hall–Kier alpha value is -2.51. The quantitative estimate of drug-likeness (QED) is 0.677. The number of aryl methyl sites for hydroxylation is 2. The Kier molecular flexibility index (Phi) is 3.54. The minimum absolute atomic E-state index is 0.155. The Morgan fingerprint density at radius 1 is 1.39 bits per heavy atom. The zero-order valence-corrected chi connectivity index (χ0v) is 12.6. The van der Waals surface area contributed by atoms with Crippen LogP contribution in [0.4, 0.5) is 20.2 Å². The van der Waals surface area contributed by atoms with Gasteiger partial charge in [-0.1, -0.05) is 11.2 Å². The SMILES string of the molecule is Cc1noc(C)c1-c1ccc(NC2CC(F)(F)C2)c([N+](=O)[O-])c1. The molecule has 1 aromatic carbocycles. The van der Waals surface area contributed by atoms with Crippen molar-refractivity contribution < 1.29 is 18.2 Å². The first kappa shape index (κ1) is 15.4. The topological polar surface area (TPSA) is 81.2 Å². The second-order valence-electron chi connectivity index (χ2n) is 5.79. The number of nitro groups is 1. The summed E-state index contributed by atoms with van der Waals surface area (Å²) >= 11 is 0. The van der Waals surface area contributed by atoms with Gasteiger partial charge in [0.2, 0.25) is 0 Å². The highest BCUT2D eigenvalue weighted by Gasteiger charge is 2.45. The van der Waals surface area contributed by atoms with Crippen LogP contribution in [-0.2, 0) is 0 Å². The summed E-state index contributed by atoms with van der Waals surface area (Å²) in [5, 5.41) is 18.0. The molecule has 0 unspecified atom stereocenters. The Morgan fingerprint density at radius 2 is 2.09 bits per heavy atom. The van der Waals surface area contributed by atoms with Crippen LogP contribution in [0.25, 0.3) is 11.1 Å². The lowest BCUT2D eigenvalue weighted by molar-refractivity contribution is -0.383. The average Bonchev–Trinajstić information content (AvgIpc) is 2.76. The average molecular weight is 323 g/mol. The number of halogens is 2. The molecule has 0 radical (unpaired) electrons. The maximum Gasteiger partial charge on any atom is 0.292 e. The van der Waals surface area contributed by atoms with Crippen LogP contribution in [0.1, 0.15) is 24.3 Å². The van der Waals surface area contributed by atoms with Gasteiger partial charge in [-0.25, -0.2) is 8.78 Å². The Balaban J connectivity index is 1.92. The van der Waals surface area contributed by atoms with E-state index >= 15 is 0 Å². The lowest BCUT2D eigenvalue weighted by Gasteiger charge is -2.35. The molecule has 8 heteroatoms. The monoisotopic (exact) mass is 323 g/mol. The van der Waals surface area contributed by atoms with E-state index in [0.29, 0.717) is 22.6 Å². The first-order chi connectivity index (χ1) is 10.8. The summed E-state index contributed by atoms with van der Waals surface area (Å²) in [5.74, 6) is -2.11. The minimum Gasteiger partial charge on any atom is -0.376 e. The van der Waals surface area contributed by atoms with E-state index in [0.717, 1.165) is 0 Å². The molecule has 1 heterocycles. The van der Waals surface area contributed by atoms with Crippen LogP contribution in [0.3, 0.4) is 0 Å². The normalized spacial score (nSPS) is 16.9. The maximum atomic E-state index is 12.9. The fourth-order valence-electron chi connectivity index (χ4n) is 2.84. The maximum absolute atomic E-state index is 12.9. The molecule has 122 valence electrons. The van der Waals surface area contributed by atoms with Crippen LogP contribution in [0.15, 0.2) is 22.7 Å². The van der Waals surface area contributed by atoms with Crippen LogP contribution in [0.5, 0.6) is 0 Å². The van der Waals surface area contributed by atoms with Crippen molar-refractivity contribution in [2.24, 2.45) is 0 Å². The van der Waals surface area contributed by atoms with E-state index in [1.54, 1.807) is 19.9 Å². The van der Waals surface area contributed by atoms with Crippen molar-refractivity contribution in [1.82, 2.24) is 5.16 Å². The number of nitro benzene ring substituents is 1. The number of hydrogen-bond acceptors (Lipinski definition) is 5. The van der Waals surface area contributed by atoms with Crippen LogP contribution < -0.4 is 5.32 Å². The number of benzene rings is 1. The van der Waals surface area contributed by atoms with E-state index < -0.39 is 16.9 Å². The summed E-state index contributed by atoms with van der Waals surface area (Å²) in [7, 11) is 0. The van der Waals surface area contributed by atoms with E-state index in [9.17, 15) is 18.9 Å². The summed E-state index contributed by atoms with van der Waals surface area (Å²) in [6.45, 7) is 3.48. The highest BCUT2D eigenvalue weighted by atomic mass is 19.3. The Bertz CT molecular complexity index is 746. The molecule has 1 fully saturated rings. The van der Waals surface area contributed by atoms with Crippen molar-refractivity contribution in [1.29, 1.82) is 0 Å². The van der Waals surface area contributed by atoms with Crippen LogP contribution >= 0.6 is 0 Å². The minimum atomic E-state index is -2.68. The van der Waals surface area contributed by atoms with Crippen LogP contribution in [0, 0.1) is 24.0 Å². The summed E-state index contributed by atoms with van der Waals surface area (Å²) in [6.07, 6.45) is -0.619. The molecule has 1 saturated carbocycles. The van der Waals surface area contributed by atoms with Gasteiger partial charge in [-0.15, -0.1) is 0 Å². The Morgan fingerprint density at radius 3 is 2.61 bits per heavy atom. The van der Waals surface area contributed by atoms with Crippen molar-refractivity contribution in [2.45, 2.75) is 38.7 Å². The largest absolute Gasteiger partial charge is 0.376 e. The molecule has 0 spiro atoms. The first-order valence-corrected chi connectivity index (χ1v) is 7.13. The van der Waals surface area contributed by atoms with E-state index in [1.807, 2.05) is 0 Å². The van der Waals surface area contributed by atoms with Crippen LogP contribution in [-0.4, -0.2) is 22.0 Å². The van der Waals surface area contributed by atoms with Gasteiger partial charge in [0.05, 0.1) is 10.6 Å². The lowest BCUT2D eigenvalue weighted by atomic mass is 9.88. The zero-order chi connectivity index (χ0) is 16.8. The highest BCUT2D eigenvalue weighted by Crippen LogP contribution is 2.41. The van der Waals surface area contributed by atoms with Gasteiger partial charge in [0.25, 0.3) is 11.6 Å². The molecule has 0 atom stereocenters. The van der Waals surface area contributed by atoms with E-state index in [1.165, 1.54) is 12.1 Å². The standard InChI is InChI=1S/C15H15F2N3O3/c1-8-14(9(2)23-19-8)10-3-4-12(13(5-10)20(21)22)18-11-6-15(16,17)7-11/h3-5,11,18H,6-7H2,1-2H3. The number of hydrogen-bond donors (Lipinski definition) is 1. The predicted molar refractivity (Wildman–Crippen MR) is 79.7 cm³/mol. The van der Waals surface area contributed by atoms with Gasteiger partial charge in [-0.05, 0) is 25.5 Å². The van der Waals surface area contributed by atoms with Gasteiger partial charge < -0.3 is 9.84 Å². The fourth-order valence-corrected chi connectivity index (χ4v) is 2.84. The molecular weight excluding hydrogens is 308 g/mol. The van der Waals surface area contributed by atoms with Crippen molar-refractivity contribution in [2.75, 3.05) is 5.32 Å². The Labute approximate surface area is 130 Å². The second kappa shape index (κ2) is 5.29.